The van der Waals surface area contributed by atoms with E-state index in [0.29, 0.717) is 16.3 Å². The van der Waals surface area contributed by atoms with Gasteiger partial charge in [-0.2, -0.15) is 5.10 Å². The number of aryl methyl sites for hydroxylation is 1. The smallest absolute Gasteiger partial charge is 0.125 e. The van der Waals surface area contributed by atoms with E-state index in [1.54, 1.807) is 16.8 Å². The lowest BCUT2D eigenvalue weighted by Crippen LogP contribution is -2.05. The van der Waals surface area contributed by atoms with Gasteiger partial charge in [0.25, 0.3) is 0 Å². The Kier molecular flexibility index (Phi) is 4.34. The molecule has 0 amide bonds. The average Bonchev–Trinajstić information content (AvgIpc) is 2.97. The Balaban J connectivity index is 1.95. The van der Waals surface area contributed by atoms with Gasteiger partial charge in [0, 0.05) is 21.3 Å². The van der Waals surface area contributed by atoms with Crippen LogP contribution in [0.25, 0.3) is 5.69 Å². The molecule has 0 saturated heterocycles. The zero-order valence-corrected chi connectivity index (χ0v) is 14.2. The minimum atomic E-state index is -0.842. The van der Waals surface area contributed by atoms with Gasteiger partial charge < -0.3 is 5.11 Å². The van der Waals surface area contributed by atoms with Crippen molar-refractivity contribution in [3.63, 3.8) is 0 Å². The molecule has 0 aliphatic heterocycles. The van der Waals surface area contributed by atoms with Gasteiger partial charge in [0.15, 0.2) is 0 Å². The van der Waals surface area contributed by atoms with Crippen LogP contribution in [-0.2, 0) is 0 Å². The van der Waals surface area contributed by atoms with Crippen LogP contribution in [0.1, 0.15) is 22.9 Å². The number of aliphatic hydroxyl groups excluding tert-OH is 1. The lowest BCUT2D eigenvalue weighted by Gasteiger charge is -2.13. The molecule has 0 spiro atoms. The van der Waals surface area contributed by atoms with Crippen LogP contribution in [0.2, 0.25) is 5.02 Å². The highest BCUT2D eigenvalue weighted by Gasteiger charge is 2.18. The zero-order chi connectivity index (χ0) is 15.7. The van der Waals surface area contributed by atoms with Gasteiger partial charge in [0.2, 0.25) is 0 Å². The van der Waals surface area contributed by atoms with Crippen LogP contribution in [0.5, 0.6) is 0 Å². The third-order valence-corrected chi connectivity index (χ3v) is 4.38. The summed E-state index contributed by atoms with van der Waals surface area (Å²) in [5.74, 6) is 0. The molecule has 0 saturated carbocycles. The van der Waals surface area contributed by atoms with Crippen LogP contribution in [-0.4, -0.2) is 14.9 Å². The molecule has 0 aliphatic carbocycles. The third-order valence-electron chi connectivity index (χ3n) is 3.53. The molecule has 0 fully saturated rings. The number of rotatable bonds is 3. The van der Waals surface area contributed by atoms with E-state index in [1.165, 1.54) is 0 Å². The van der Waals surface area contributed by atoms with Crippen LogP contribution in [0, 0.1) is 6.92 Å². The number of benzene rings is 2. The predicted octanol–water partition coefficient (Wildman–Crippen LogP) is 4.68. The van der Waals surface area contributed by atoms with Crippen molar-refractivity contribution in [3.05, 3.63) is 81.0 Å². The second-order valence-electron chi connectivity index (χ2n) is 5.03. The van der Waals surface area contributed by atoms with E-state index in [0.717, 1.165) is 15.7 Å². The number of hydrogen-bond acceptors (Lipinski definition) is 2. The van der Waals surface area contributed by atoms with E-state index >= 15 is 0 Å². The fourth-order valence-electron chi connectivity index (χ4n) is 2.36. The molecular formula is C17H14BrClN2O. The van der Waals surface area contributed by atoms with Gasteiger partial charge in [0.1, 0.15) is 6.10 Å². The normalized spacial score (nSPS) is 12.4. The summed E-state index contributed by atoms with van der Waals surface area (Å²) in [7, 11) is 0. The van der Waals surface area contributed by atoms with E-state index in [2.05, 4.69) is 21.0 Å². The Hall–Kier alpha value is -1.62. The lowest BCUT2D eigenvalue weighted by atomic mass is 10.0. The quantitative estimate of drug-likeness (QED) is 0.720. The van der Waals surface area contributed by atoms with Crippen LogP contribution in [0.3, 0.4) is 0 Å². The second-order valence-corrected chi connectivity index (χ2v) is 6.36. The van der Waals surface area contributed by atoms with Crippen LogP contribution in [0.15, 0.2) is 59.2 Å². The molecule has 1 N–H and O–H groups in total. The van der Waals surface area contributed by atoms with Gasteiger partial charge in [-0.3, -0.25) is 0 Å². The first kappa shape index (κ1) is 15.3. The highest BCUT2D eigenvalue weighted by Crippen LogP contribution is 2.30. The summed E-state index contributed by atoms with van der Waals surface area (Å²) in [6.45, 7) is 1.93. The molecule has 1 atom stereocenters. The monoisotopic (exact) mass is 376 g/mol. The number of halogens is 2. The summed E-state index contributed by atoms with van der Waals surface area (Å²) >= 11 is 9.62. The molecular weight excluding hydrogens is 364 g/mol. The Labute approximate surface area is 142 Å². The summed E-state index contributed by atoms with van der Waals surface area (Å²) in [6, 6.07) is 15.2. The number of nitrogens with zero attached hydrogens (tertiary/aromatic N) is 2. The van der Waals surface area contributed by atoms with Crippen molar-refractivity contribution >= 4 is 27.5 Å². The van der Waals surface area contributed by atoms with Gasteiger partial charge in [-0.1, -0.05) is 39.7 Å². The van der Waals surface area contributed by atoms with Crippen LogP contribution < -0.4 is 0 Å². The molecule has 1 heterocycles. The molecule has 2 aromatic carbocycles. The largest absolute Gasteiger partial charge is 0.382 e. The second kappa shape index (κ2) is 6.24. The molecule has 5 heteroatoms. The summed E-state index contributed by atoms with van der Waals surface area (Å²) in [4.78, 5) is 0. The minimum absolute atomic E-state index is 0.547. The van der Waals surface area contributed by atoms with Gasteiger partial charge in [0.05, 0.1) is 11.4 Å². The Morgan fingerprint density at radius 2 is 1.86 bits per heavy atom. The van der Waals surface area contributed by atoms with Crippen molar-refractivity contribution in [2.75, 3.05) is 0 Å². The Morgan fingerprint density at radius 3 is 2.55 bits per heavy atom. The molecule has 0 bridgehead atoms. The van der Waals surface area contributed by atoms with Crippen molar-refractivity contribution in [1.82, 2.24) is 9.78 Å². The first-order valence-electron chi connectivity index (χ1n) is 6.81. The van der Waals surface area contributed by atoms with Crippen LogP contribution >= 0.6 is 27.5 Å². The Morgan fingerprint density at radius 1 is 1.14 bits per heavy atom. The molecule has 1 unspecified atom stereocenters. The van der Waals surface area contributed by atoms with E-state index in [-0.39, 0.29) is 0 Å². The first-order chi connectivity index (χ1) is 10.6. The number of aromatic nitrogens is 2. The maximum atomic E-state index is 10.6. The highest BCUT2D eigenvalue weighted by atomic mass is 79.9. The molecule has 0 aliphatic rings. The van der Waals surface area contributed by atoms with Crippen molar-refractivity contribution in [2.24, 2.45) is 0 Å². The maximum Gasteiger partial charge on any atom is 0.125 e. The summed E-state index contributed by atoms with van der Waals surface area (Å²) < 4.78 is 2.74. The summed E-state index contributed by atoms with van der Waals surface area (Å²) in [6.07, 6.45) is 0.985. The van der Waals surface area contributed by atoms with Crippen molar-refractivity contribution in [2.45, 2.75) is 13.0 Å². The van der Waals surface area contributed by atoms with Gasteiger partial charge >= 0.3 is 0 Å². The summed E-state index contributed by atoms with van der Waals surface area (Å²) in [5, 5.41) is 15.6. The molecule has 112 valence electrons. The molecule has 22 heavy (non-hydrogen) atoms. The van der Waals surface area contributed by atoms with E-state index in [9.17, 15) is 5.11 Å². The fraction of sp³-hybridized carbons (Fsp3) is 0.118. The zero-order valence-electron chi connectivity index (χ0n) is 11.9. The van der Waals surface area contributed by atoms with E-state index in [1.807, 2.05) is 49.5 Å². The van der Waals surface area contributed by atoms with Crippen LogP contribution in [0.4, 0.5) is 0 Å². The summed E-state index contributed by atoms with van der Waals surface area (Å²) in [5.41, 5.74) is 3.14. The fourth-order valence-corrected chi connectivity index (χ4v) is 2.95. The molecule has 3 rings (SSSR count). The van der Waals surface area contributed by atoms with Crippen molar-refractivity contribution in [1.29, 1.82) is 0 Å². The van der Waals surface area contributed by atoms with Gasteiger partial charge in [-0.25, -0.2) is 4.68 Å². The maximum absolute atomic E-state index is 10.6. The molecule has 0 radical (unpaired) electrons. The standard InChI is InChI=1S/C17H14BrClN2O/c1-11-3-2-4-14(19)16(11)17(22)15-9-10-21(20-15)13-7-5-12(18)6-8-13/h2-10,17,22H,1H3. The van der Waals surface area contributed by atoms with Crippen molar-refractivity contribution < 1.29 is 5.11 Å². The van der Waals surface area contributed by atoms with E-state index in [4.69, 9.17) is 11.6 Å². The van der Waals surface area contributed by atoms with Gasteiger partial charge in [-0.05, 0) is 48.9 Å². The average molecular weight is 378 g/mol. The minimum Gasteiger partial charge on any atom is -0.382 e. The third kappa shape index (κ3) is 2.95. The predicted molar refractivity (Wildman–Crippen MR) is 91.5 cm³/mol. The number of aliphatic hydroxyl groups is 1. The Bertz CT molecular complexity index is 778. The SMILES string of the molecule is Cc1cccc(Cl)c1C(O)c1ccn(-c2ccc(Br)cc2)n1. The first-order valence-corrected chi connectivity index (χ1v) is 7.98. The molecule has 3 aromatic rings. The van der Waals surface area contributed by atoms with Gasteiger partial charge in [-0.15, -0.1) is 0 Å². The molecule has 1 aromatic heterocycles. The topological polar surface area (TPSA) is 38.0 Å². The van der Waals surface area contributed by atoms with Crippen molar-refractivity contribution in [3.8, 4) is 5.69 Å². The molecule has 3 nitrogen and oxygen atoms in total. The van der Waals surface area contributed by atoms with E-state index < -0.39 is 6.10 Å². The highest BCUT2D eigenvalue weighted by molar-refractivity contribution is 9.10. The lowest BCUT2D eigenvalue weighted by molar-refractivity contribution is 0.214. The number of hydrogen-bond donors (Lipinski definition) is 1.